The molecule has 1 aliphatic carbocycles. The fourth-order valence-corrected chi connectivity index (χ4v) is 4.63. The fourth-order valence-electron chi connectivity index (χ4n) is 4.63. The summed E-state index contributed by atoms with van der Waals surface area (Å²) in [7, 11) is 0. The molecule has 0 saturated carbocycles. The molecule has 0 fully saturated rings. The summed E-state index contributed by atoms with van der Waals surface area (Å²) in [4.78, 5) is 0. The van der Waals surface area contributed by atoms with Crippen LogP contribution in [0.15, 0.2) is 79.4 Å². The highest BCUT2D eigenvalue weighted by Gasteiger charge is 2.23. The number of benzene rings is 2. The van der Waals surface area contributed by atoms with Crippen molar-refractivity contribution in [2.45, 2.75) is 60.3 Å². The molecule has 0 nitrogen and oxygen atoms in total. The first-order valence-corrected chi connectivity index (χ1v) is 11.5. The molecule has 0 amide bonds. The van der Waals surface area contributed by atoms with Gasteiger partial charge in [0.15, 0.2) is 0 Å². The van der Waals surface area contributed by atoms with E-state index in [0.717, 1.165) is 18.4 Å². The molecule has 0 spiro atoms. The van der Waals surface area contributed by atoms with Crippen LogP contribution in [0.4, 0.5) is 0 Å². The molecule has 0 aromatic heterocycles. The highest BCUT2D eigenvalue weighted by Crippen LogP contribution is 2.39. The molecule has 0 N–H and O–H groups in total. The quantitative estimate of drug-likeness (QED) is 0.427. The molecule has 0 heteroatoms. The monoisotopic (exact) mass is 410 g/mol. The Labute approximate surface area is 190 Å². The molecule has 2 aromatic rings. The third-order valence-electron chi connectivity index (χ3n) is 6.12. The molecule has 0 aliphatic heterocycles. The maximum atomic E-state index is 4.49. The zero-order valence-electron chi connectivity index (χ0n) is 20.3. The van der Waals surface area contributed by atoms with Gasteiger partial charge in [0.25, 0.3) is 0 Å². The van der Waals surface area contributed by atoms with E-state index in [1.165, 1.54) is 39.0 Å². The van der Waals surface area contributed by atoms with Crippen LogP contribution in [0.1, 0.15) is 74.8 Å². The van der Waals surface area contributed by atoms with Crippen LogP contribution in [0, 0.1) is 18.3 Å². The number of rotatable bonds is 7. The van der Waals surface area contributed by atoms with Crippen LogP contribution in [0.3, 0.4) is 0 Å². The summed E-state index contributed by atoms with van der Waals surface area (Å²) in [5.41, 5.74) is 10.7. The van der Waals surface area contributed by atoms with E-state index >= 15 is 0 Å². The van der Waals surface area contributed by atoms with Crippen molar-refractivity contribution in [2.24, 2.45) is 11.3 Å². The van der Waals surface area contributed by atoms with E-state index in [-0.39, 0.29) is 5.41 Å². The first kappa shape index (κ1) is 23.1. The Morgan fingerprint density at radius 3 is 2.29 bits per heavy atom. The molecule has 0 saturated heterocycles. The van der Waals surface area contributed by atoms with Crippen LogP contribution in [-0.4, -0.2) is 0 Å². The molecule has 0 heterocycles. The summed E-state index contributed by atoms with van der Waals surface area (Å²) in [6, 6.07) is 15.8. The van der Waals surface area contributed by atoms with Crippen molar-refractivity contribution >= 4 is 11.1 Å². The van der Waals surface area contributed by atoms with Gasteiger partial charge >= 0.3 is 0 Å². The fraction of sp³-hybridized carbons (Fsp3) is 0.355. The minimum Gasteiger partial charge on any atom is -0.0955 e. The Kier molecular flexibility index (Phi) is 6.90. The first-order valence-electron chi connectivity index (χ1n) is 11.5. The summed E-state index contributed by atoms with van der Waals surface area (Å²) in [6.07, 6.45) is 8.89. The summed E-state index contributed by atoms with van der Waals surface area (Å²) < 4.78 is 0. The zero-order chi connectivity index (χ0) is 22.8. The van der Waals surface area contributed by atoms with Gasteiger partial charge in [-0.15, -0.1) is 0 Å². The van der Waals surface area contributed by atoms with E-state index in [1.807, 2.05) is 0 Å². The normalized spacial score (nSPS) is 16.8. The summed E-state index contributed by atoms with van der Waals surface area (Å²) in [5, 5.41) is 0. The molecular formula is C31H38. The number of hydrogen-bond acceptors (Lipinski definition) is 0. The smallest absolute Gasteiger partial charge is 0.0237 e. The molecule has 2 atom stereocenters. The van der Waals surface area contributed by atoms with Crippen LogP contribution < -0.4 is 0 Å². The van der Waals surface area contributed by atoms with E-state index in [1.54, 1.807) is 0 Å². The van der Waals surface area contributed by atoms with E-state index in [4.69, 9.17) is 0 Å². The molecule has 0 radical (unpaired) electrons. The second-order valence-corrected chi connectivity index (χ2v) is 10.6. The van der Waals surface area contributed by atoms with Gasteiger partial charge in [0, 0.05) is 5.92 Å². The van der Waals surface area contributed by atoms with Crippen LogP contribution in [-0.2, 0) is 6.42 Å². The Bertz CT molecular complexity index is 1020. The Morgan fingerprint density at radius 1 is 1.00 bits per heavy atom. The van der Waals surface area contributed by atoms with E-state index in [9.17, 15) is 0 Å². The molecule has 0 bridgehead atoms. The van der Waals surface area contributed by atoms with E-state index < -0.39 is 0 Å². The molecule has 3 rings (SSSR count). The number of allylic oxidation sites excluding steroid dienone is 6. The van der Waals surface area contributed by atoms with Gasteiger partial charge in [0.05, 0.1) is 0 Å². The topological polar surface area (TPSA) is 0 Å². The maximum absolute atomic E-state index is 4.49. The zero-order valence-corrected chi connectivity index (χ0v) is 20.3. The van der Waals surface area contributed by atoms with Gasteiger partial charge < -0.3 is 0 Å². The summed E-state index contributed by atoms with van der Waals surface area (Å²) in [5.74, 6) is 0.802. The van der Waals surface area contributed by atoms with Gasteiger partial charge in [-0.05, 0) is 65.8 Å². The van der Waals surface area contributed by atoms with Crippen LogP contribution in [0.25, 0.3) is 11.1 Å². The average molecular weight is 411 g/mol. The standard InChI is InChI=1S/C31H38/c1-21(2)26-12-14-27(15-13-26)30-11-9-10-29(30)24(5)18-23(4)28-17-22(3)16-25(19-28)20-31(6,7)8/h9-17,19,24,30H,1,4,18,20H2,2-3,5-8H3/t24-,30?/m1/s1. The summed E-state index contributed by atoms with van der Waals surface area (Å²) in [6.45, 7) is 22.0. The van der Waals surface area contributed by atoms with Gasteiger partial charge in [-0.1, -0.05) is 118 Å². The first-order chi connectivity index (χ1) is 14.5. The predicted molar refractivity (Wildman–Crippen MR) is 138 cm³/mol. The van der Waals surface area contributed by atoms with Crippen molar-refractivity contribution < 1.29 is 0 Å². The van der Waals surface area contributed by atoms with Gasteiger partial charge in [-0.2, -0.15) is 0 Å². The Hall–Kier alpha value is -2.60. The highest BCUT2D eigenvalue weighted by molar-refractivity contribution is 5.66. The molecule has 2 aromatic carbocycles. The molecular weight excluding hydrogens is 372 g/mol. The second kappa shape index (κ2) is 9.27. The SMILES string of the molecule is C=C(C)c1ccc(C2C=CC=C2[C@H](C)CC(=C)c2cc(C)cc(CC(C)(C)C)c2)cc1. The lowest BCUT2D eigenvalue weighted by molar-refractivity contribution is 0.411. The minimum atomic E-state index is 0.285. The Morgan fingerprint density at radius 2 is 1.68 bits per heavy atom. The largest absolute Gasteiger partial charge is 0.0955 e. The summed E-state index contributed by atoms with van der Waals surface area (Å²) >= 11 is 0. The van der Waals surface area contributed by atoms with Gasteiger partial charge in [0.2, 0.25) is 0 Å². The van der Waals surface area contributed by atoms with Crippen molar-refractivity contribution in [3.63, 3.8) is 0 Å². The van der Waals surface area contributed by atoms with Crippen LogP contribution in [0.2, 0.25) is 0 Å². The lowest BCUT2D eigenvalue weighted by Crippen LogP contribution is -2.10. The Balaban J connectivity index is 1.74. The van der Waals surface area contributed by atoms with Gasteiger partial charge in [-0.3, -0.25) is 0 Å². The molecule has 31 heavy (non-hydrogen) atoms. The van der Waals surface area contributed by atoms with E-state index in [0.29, 0.717) is 11.8 Å². The minimum absolute atomic E-state index is 0.285. The highest BCUT2D eigenvalue weighted by atomic mass is 14.3. The van der Waals surface area contributed by atoms with Gasteiger partial charge in [-0.25, -0.2) is 0 Å². The predicted octanol–water partition coefficient (Wildman–Crippen LogP) is 8.94. The number of aryl methyl sites for hydroxylation is 1. The maximum Gasteiger partial charge on any atom is 0.0237 e. The van der Waals surface area contributed by atoms with Crippen molar-refractivity contribution in [1.29, 1.82) is 0 Å². The van der Waals surface area contributed by atoms with Crippen LogP contribution >= 0.6 is 0 Å². The van der Waals surface area contributed by atoms with Crippen LogP contribution in [0.5, 0.6) is 0 Å². The van der Waals surface area contributed by atoms with Crippen molar-refractivity contribution in [3.8, 4) is 0 Å². The lowest BCUT2D eigenvalue weighted by atomic mass is 9.81. The van der Waals surface area contributed by atoms with Gasteiger partial charge in [0.1, 0.15) is 0 Å². The average Bonchev–Trinajstić information content (AvgIpc) is 3.16. The van der Waals surface area contributed by atoms with Crippen molar-refractivity contribution in [1.82, 2.24) is 0 Å². The second-order valence-electron chi connectivity index (χ2n) is 10.6. The lowest BCUT2D eigenvalue weighted by Gasteiger charge is -2.23. The van der Waals surface area contributed by atoms with Crippen molar-refractivity contribution in [2.75, 3.05) is 0 Å². The third kappa shape index (κ3) is 5.97. The molecule has 1 aliphatic rings. The number of hydrogen-bond donors (Lipinski definition) is 0. The molecule has 1 unspecified atom stereocenters. The third-order valence-corrected chi connectivity index (χ3v) is 6.12. The van der Waals surface area contributed by atoms with Crippen molar-refractivity contribution in [3.05, 3.63) is 107 Å². The van der Waals surface area contributed by atoms with E-state index in [2.05, 4.69) is 115 Å². The molecule has 162 valence electrons.